The van der Waals surface area contributed by atoms with Gasteiger partial charge in [0, 0.05) is 23.5 Å². The summed E-state index contributed by atoms with van der Waals surface area (Å²) in [6, 6.07) is 11.4. The molecule has 2 heterocycles. The maximum absolute atomic E-state index is 13.4. The fourth-order valence-electron chi connectivity index (χ4n) is 3.27. The highest BCUT2D eigenvalue weighted by molar-refractivity contribution is 6.11. The zero-order valence-electron chi connectivity index (χ0n) is 17.5. The monoisotopic (exact) mass is 472 g/mol. The van der Waals surface area contributed by atoms with E-state index in [4.69, 9.17) is 9.84 Å². The number of aliphatic hydroxyl groups is 2. The van der Waals surface area contributed by atoms with Crippen LogP contribution in [0.1, 0.15) is 15.9 Å². The van der Waals surface area contributed by atoms with Crippen LogP contribution in [0.15, 0.2) is 60.9 Å². The molecular weight excluding hydrogens is 453 g/mol. The molecule has 4 aromatic rings. The van der Waals surface area contributed by atoms with E-state index in [0.29, 0.717) is 17.0 Å². The number of aromatic nitrogens is 3. The van der Waals surface area contributed by atoms with Crippen LogP contribution in [-0.4, -0.2) is 50.4 Å². The van der Waals surface area contributed by atoms with Crippen molar-refractivity contribution in [1.82, 2.24) is 15.0 Å². The Hall–Kier alpha value is -3.96. The smallest absolute Gasteiger partial charge is 0.417 e. The van der Waals surface area contributed by atoms with E-state index >= 15 is 0 Å². The number of hydrogen-bond donors (Lipinski definition) is 4. The number of carbonyl (C=O) groups is 1. The topological polar surface area (TPSA) is 120 Å². The van der Waals surface area contributed by atoms with Crippen molar-refractivity contribution in [2.75, 3.05) is 18.5 Å². The van der Waals surface area contributed by atoms with Gasteiger partial charge in [-0.3, -0.25) is 9.78 Å². The van der Waals surface area contributed by atoms with Gasteiger partial charge in [0.05, 0.1) is 29.4 Å². The lowest BCUT2D eigenvalue weighted by Gasteiger charge is -2.11. The van der Waals surface area contributed by atoms with E-state index in [-0.39, 0.29) is 29.1 Å². The number of imidazole rings is 1. The fraction of sp³-hybridized carbons (Fsp3) is 0.174. The predicted molar refractivity (Wildman–Crippen MR) is 117 cm³/mol. The molecular formula is C23H19F3N4O4. The van der Waals surface area contributed by atoms with Crippen LogP contribution in [0.5, 0.6) is 5.75 Å². The lowest BCUT2D eigenvalue weighted by Crippen LogP contribution is -2.21. The molecule has 0 radical (unpaired) electrons. The van der Waals surface area contributed by atoms with Crippen molar-refractivity contribution in [2.45, 2.75) is 12.3 Å². The summed E-state index contributed by atoms with van der Waals surface area (Å²) in [5, 5.41) is 20.9. The number of alkyl halides is 3. The maximum Gasteiger partial charge on any atom is 0.417 e. The Labute approximate surface area is 191 Å². The van der Waals surface area contributed by atoms with E-state index in [1.807, 2.05) is 0 Å². The second kappa shape index (κ2) is 9.49. The first-order valence-corrected chi connectivity index (χ1v) is 10.1. The van der Waals surface area contributed by atoms with E-state index in [1.165, 1.54) is 36.7 Å². The lowest BCUT2D eigenvalue weighted by molar-refractivity contribution is -0.137. The number of aliphatic hydroxyl groups excluding tert-OH is 2. The van der Waals surface area contributed by atoms with E-state index in [0.717, 1.165) is 6.07 Å². The van der Waals surface area contributed by atoms with Crippen LogP contribution in [0.25, 0.3) is 22.4 Å². The minimum absolute atomic E-state index is 0.0391. The normalized spacial score (nSPS) is 12.5. The number of nitrogens with zero attached hydrogens (tertiary/aromatic N) is 2. The molecule has 0 aliphatic heterocycles. The number of anilines is 1. The number of hydrogen-bond acceptors (Lipinski definition) is 6. The molecule has 0 spiro atoms. The quantitative estimate of drug-likeness (QED) is 0.326. The number of rotatable bonds is 7. The molecule has 0 saturated carbocycles. The van der Waals surface area contributed by atoms with Crippen molar-refractivity contribution in [2.24, 2.45) is 0 Å². The van der Waals surface area contributed by atoms with Gasteiger partial charge in [-0.2, -0.15) is 13.2 Å². The van der Waals surface area contributed by atoms with Gasteiger partial charge < -0.3 is 25.3 Å². The van der Waals surface area contributed by atoms with Crippen LogP contribution in [0.2, 0.25) is 0 Å². The second-order valence-electron chi connectivity index (χ2n) is 7.34. The summed E-state index contributed by atoms with van der Waals surface area (Å²) in [6.07, 6.45) is -2.97. The Morgan fingerprint density at radius 3 is 2.71 bits per heavy atom. The van der Waals surface area contributed by atoms with Gasteiger partial charge in [-0.15, -0.1) is 0 Å². The summed E-state index contributed by atoms with van der Waals surface area (Å²) in [5.41, 5.74) is -0.0982. The molecule has 0 fully saturated rings. The highest BCUT2D eigenvalue weighted by atomic mass is 19.4. The van der Waals surface area contributed by atoms with Crippen LogP contribution < -0.4 is 10.1 Å². The van der Waals surface area contributed by atoms with Crippen molar-refractivity contribution in [3.05, 3.63) is 72.1 Å². The zero-order chi connectivity index (χ0) is 24.3. The number of nitrogens with one attached hydrogen (secondary N) is 2. The number of aromatic amines is 1. The first-order chi connectivity index (χ1) is 16.3. The molecule has 4 N–H and O–H groups in total. The summed E-state index contributed by atoms with van der Waals surface area (Å²) in [6.45, 7) is -0.584. The Kier molecular flexibility index (Phi) is 6.48. The summed E-state index contributed by atoms with van der Waals surface area (Å²) in [7, 11) is 0. The van der Waals surface area contributed by atoms with Crippen molar-refractivity contribution < 1.29 is 32.9 Å². The zero-order valence-corrected chi connectivity index (χ0v) is 17.5. The van der Waals surface area contributed by atoms with E-state index < -0.39 is 30.4 Å². The molecule has 2 aromatic carbocycles. The largest absolute Gasteiger partial charge is 0.491 e. The summed E-state index contributed by atoms with van der Waals surface area (Å²) in [4.78, 5) is 24.0. The lowest BCUT2D eigenvalue weighted by atomic mass is 10.1. The predicted octanol–water partition coefficient (Wildman–Crippen LogP) is 3.63. The molecule has 1 amide bonds. The Morgan fingerprint density at radius 1 is 1.15 bits per heavy atom. The Balaban J connectivity index is 1.62. The van der Waals surface area contributed by atoms with Gasteiger partial charge in [0.15, 0.2) is 0 Å². The van der Waals surface area contributed by atoms with Gasteiger partial charge in [0.2, 0.25) is 0 Å². The van der Waals surface area contributed by atoms with Crippen LogP contribution in [0.4, 0.5) is 18.9 Å². The first kappa shape index (κ1) is 23.2. The summed E-state index contributed by atoms with van der Waals surface area (Å²) >= 11 is 0. The standard InChI is InChI=1S/C23H19F3N4O4/c24-23(25,26)18-7-2-1-6-16(18)21-29-19-10-27-9-17(20(19)30-21)22(33)28-13-4-3-5-15(8-13)34-12-14(32)11-31/h1-10,14,31-32H,11-12H2,(H,28,33)(H,29,30)/t14-/m0/s1. The molecule has 4 rings (SSSR count). The molecule has 176 valence electrons. The van der Waals surface area contributed by atoms with Crippen LogP contribution in [-0.2, 0) is 6.18 Å². The van der Waals surface area contributed by atoms with Gasteiger partial charge >= 0.3 is 6.18 Å². The van der Waals surface area contributed by atoms with Gasteiger partial charge in [-0.1, -0.05) is 24.3 Å². The molecule has 0 unspecified atom stereocenters. The number of fused-ring (bicyclic) bond motifs is 1. The van der Waals surface area contributed by atoms with E-state index in [2.05, 4.69) is 20.3 Å². The fourth-order valence-corrected chi connectivity index (χ4v) is 3.27. The molecule has 8 nitrogen and oxygen atoms in total. The molecule has 1 atom stereocenters. The maximum atomic E-state index is 13.4. The number of ether oxygens (including phenoxy) is 1. The van der Waals surface area contributed by atoms with Crippen molar-refractivity contribution in [3.8, 4) is 17.1 Å². The highest BCUT2D eigenvalue weighted by Crippen LogP contribution is 2.36. The summed E-state index contributed by atoms with van der Waals surface area (Å²) in [5.74, 6) is -0.261. The molecule has 34 heavy (non-hydrogen) atoms. The number of H-pyrrole nitrogens is 1. The third kappa shape index (κ3) is 5.00. The molecule has 0 aliphatic rings. The van der Waals surface area contributed by atoms with Gasteiger partial charge in [-0.05, 0) is 18.2 Å². The van der Waals surface area contributed by atoms with Crippen molar-refractivity contribution in [3.63, 3.8) is 0 Å². The second-order valence-corrected chi connectivity index (χ2v) is 7.34. The SMILES string of the molecule is O=C(Nc1cccc(OC[C@@H](O)CO)c1)c1cncc2[nH]c(-c3ccccc3C(F)(F)F)nc12. The van der Waals surface area contributed by atoms with E-state index in [9.17, 15) is 23.1 Å². The molecule has 0 aliphatic carbocycles. The Bertz CT molecular complexity index is 1320. The number of amides is 1. The average molecular weight is 472 g/mol. The van der Waals surface area contributed by atoms with Crippen LogP contribution >= 0.6 is 0 Å². The molecule has 0 saturated heterocycles. The van der Waals surface area contributed by atoms with Crippen molar-refractivity contribution >= 4 is 22.6 Å². The Morgan fingerprint density at radius 2 is 1.94 bits per heavy atom. The molecule has 11 heteroatoms. The van der Waals surface area contributed by atoms with Gasteiger partial charge in [-0.25, -0.2) is 4.98 Å². The number of pyridine rings is 1. The first-order valence-electron chi connectivity index (χ1n) is 10.1. The van der Waals surface area contributed by atoms with Crippen LogP contribution in [0.3, 0.4) is 0 Å². The molecule has 0 bridgehead atoms. The summed E-state index contributed by atoms with van der Waals surface area (Å²) < 4.78 is 45.7. The average Bonchev–Trinajstić information content (AvgIpc) is 3.26. The number of benzene rings is 2. The minimum atomic E-state index is -4.58. The highest BCUT2D eigenvalue weighted by Gasteiger charge is 2.34. The van der Waals surface area contributed by atoms with Gasteiger partial charge in [0.25, 0.3) is 5.91 Å². The third-order valence-electron chi connectivity index (χ3n) is 4.87. The third-order valence-corrected chi connectivity index (χ3v) is 4.87. The van der Waals surface area contributed by atoms with E-state index in [1.54, 1.807) is 18.2 Å². The number of halogens is 3. The number of carbonyl (C=O) groups excluding carboxylic acids is 1. The molecule has 2 aromatic heterocycles. The van der Waals surface area contributed by atoms with Crippen molar-refractivity contribution in [1.29, 1.82) is 0 Å². The van der Waals surface area contributed by atoms with Gasteiger partial charge in [0.1, 0.15) is 29.8 Å². The minimum Gasteiger partial charge on any atom is -0.491 e. The van der Waals surface area contributed by atoms with Crippen LogP contribution in [0, 0.1) is 0 Å².